The summed E-state index contributed by atoms with van der Waals surface area (Å²) in [5.74, 6) is 1.22. The molecule has 4 nitrogen and oxygen atoms in total. The highest BCUT2D eigenvalue weighted by molar-refractivity contribution is 5.79. The number of ketones is 1. The Kier molecular flexibility index (Phi) is 3.61. The molecule has 0 radical (unpaired) electrons. The second-order valence-corrected chi connectivity index (χ2v) is 4.33. The Labute approximate surface area is 101 Å². The van der Waals surface area contributed by atoms with E-state index in [1.165, 1.54) is 6.07 Å². The van der Waals surface area contributed by atoms with Crippen LogP contribution in [0.25, 0.3) is 0 Å². The van der Waals surface area contributed by atoms with Crippen LogP contribution in [0.3, 0.4) is 0 Å². The molecule has 0 aromatic carbocycles. The van der Waals surface area contributed by atoms with Gasteiger partial charge in [0.25, 0.3) is 0 Å². The largest absolute Gasteiger partial charge is 0.494 e. The van der Waals surface area contributed by atoms with Gasteiger partial charge in [-0.3, -0.25) is 4.79 Å². The average Bonchev–Trinajstić information content (AvgIpc) is 2.29. The van der Waals surface area contributed by atoms with Crippen LogP contribution in [0.5, 0.6) is 11.6 Å². The summed E-state index contributed by atoms with van der Waals surface area (Å²) >= 11 is 0. The van der Waals surface area contributed by atoms with Gasteiger partial charge in [-0.1, -0.05) is 0 Å². The Hall–Kier alpha value is -1.58. The molecule has 1 N–H and O–H groups in total. The fourth-order valence-corrected chi connectivity index (χ4v) is 2.21. The third-order valence-electron chi connectivity index (χ3n) is 3.08. The van der Waals surface area contributed by atoms with E-state index in [9.17, 15) is 9.90 Å². The SMILES string of the molecule is CCOc1cc(O)nc(C2CCC(=O)CC2)c1. The Morgan fingerprint density at radius 2 is 2.12 bits per heavy atom. The summed E-state index contributed by atoms with van der Waals surface area (Å²) < 4.78 is 5.37. The van der Waals surface area contributed by atoms with Crippen molar-refractivity contribution in [2.24, 2.45) is 0 Å². The van der Waals surface area contributed by atoms with E-state index < -0.39 is 0 Å². The molecule has 1 saturated carbocycles. The van der Waals surface area contributed by atoms with Gasteiger partial charge in [0.1, 0.15) is 11.5 Å². The summed E-state index contributed by atoms with van der Waals surface area (Å²) in [7, 11) is 0. The Morgan fingerprint density at radius 1 is 1.41 bits per heavy atom. The molecule has 1 heterocycles. The number of carbonyl (C=O) groups excluding carboxylic acids is 1. The molecule has 0 amide bonds. The Bertz CT molecular complexity index is 407. The molecule has 1 fully saturated rings. The number of rotatable bonds is 3. The highest BCUT2D eigenvalue weighted by Gasteiger charge is 2.22. The van der Waals surface area contributed by atoms with Crippen LogP contribution < -0.4 is 4.74 Å². The Balaban J connectivity index is 2.16. The van der Waals surface area contributed by atoms with Crippen molar-refractivity contribution in [2.45, 2.75) is 38.5 Å². The number of aromatic nitrogens is 1. The lowest BCUT2D eigenvalue weighted by Crippen LogP contribution is -2.13. The second kappa shape index (κ2) is 5.17. The molecule has 0 unspecified atom stereocenters. The predicted molar refractivity (Wildman–Crippen MR) is 63.3 cm³/mol. The molecule has 0 aliphatic heterocycles. The molecule has 1 aromatic rings. The minimum Gasteiger partial charge on any atom is -0.494 e. The van der Waals surface area contributed by atoms with Gasteiger partial charge in [0.2, 0.25) is 5.88 Å². The minimum absolute atomic E-state index is 0.0112. The van der Waals surface area contributed by atoms with Crippen molar-refractivity contribution >= 4 is 5.78 Å². The smallest absolute Gasteiger partial charge is 0.214 e. The summed E-state index contributed by atoms with van der Waals surface area (Å²) in [5, 5.41) is 9.55. The number of nitrogens with zero attached hydrogens (tertiary/aromatic N) is 1. The van der Waals surface area contributed by atoms with Gasteiger partial charge in [0.05, 0.1) is 12.3 Å². The number of hydrogen-bond acceptors (Lipinski definition) is 4. The van der Waals surface area contributed by atoms with Crippen molar-refractivity contribution in [3.63, 3.8) is 0 Å². The molecule has 2 rings (SSSR count). The first kappa shape index (κ1) is 11.9. The van der Waals surface area contributed by atoms with E-state index in [0.717, 1.165) is 18.5 Å². The van der Waals surface area contributed by atoms with Gasteiger partial charge in [0, 0.05) is 30.9 Å². The Morgan fingerprint density at radius 3 is 2.76 bits per heavy atom. The summed E-state index contributed by atoms with van der Waals surface area (Å²) in [6, 6.07) is 3.38. The lowest BCUT2D eigenvalue weighted by atomic mass is 9.86. The zero-order chi connectivity index (χ0) is 12.3. The maximum atomic E-state index is 11.2. The normalized spacial score (nSPS) is 17.1. The molecule has 0 saturated heterocycles. The maximum absolute atomic E-state index is 11.2. The lowest BCUT2D eigenvalue weighted by Gasteiger charge is -2.20. The summed E-state index contributed by atoms with van der Waals surface area (Å²) in [6.45, 7) is 2.46. The number of aromatic hydroxyl groups is 1. The quantitative estimate of drug-likeness (QED) is 0.874. The maximum Gasteiger partial charge on any atom is 0.214 e. The van der Waals surface area contributed by atoms with E-state index in [1.807, 2.05) is 13.0 Å². The summed E-state index contributed by atoms with van der Waals surface area (Å²) in [5.41, 5.74) is 0.834. The van der Waals surface area contributed by atoms with Crippen molar-refractivity contribution in [1.29, 1.82) is 0 Å². The molecular weight excluding hydrogens is 218 g/mol. The van der Waals surface area contributed by atoms with Crippen LogP contribution in [-0.2, 0) is 4.79 Å². The van der Waals surface area contributed by atoms with E-state index in [0.29, 0.717) is 31.0 Å². The molecule has 1 aliphatic rings. The first-order valence-electron chi connectivity index (χ1n) is 6.04. The van der Waals surface area contributed by atoms with Crippen LogP contribution in [0, 0.1) is 0 Å². The van der Waals surface area contributed by atoms with E-state index in [2.05, 4.69) is 4.98 Å². The van der Waals surface area contributed by atoms with Gasteiger partial charge in [-0.15, -0.1) is 0 Å². The van der Waals surface area contributed by atoms with Crippen LogP contribution in [-0.4, -0.2) is 22.5 Å². The third kappa shape index (κ3) is 2.96. The van der Waals surface area contributed by atoms with E-state index in [1.54, 1.807) is 0 Å². The monoisotopic (exact) mass is 235 g/mol. The predicted octanol–water partition coefficient (Wildman–Crippen LogP) is 2.41. The summed E-state index contributed by atoms with van der Waals surface area (Å²) in [4.78, 5) is 15.3. The highest BCUT2D eigenvalue weighted by atomic mass is 16.5. The van der Waals surface area contributed by atoms with Gasteiger partial charge in [0.15, 0.2) is 0 Å². The number of carbonyl (C=O) groups is 1. The number of pyridine rings is 1. The molecule has 1 aromatic heterocycles. The molecule has 4 heteroatoms. The van der Waals surface area contributed by atoms with Crippen molar-refractivity contribution in [1.82, 2.24) is 4.98 Å². The van der Waals surface area contributed by atoms with Crippen LogP contribution in [0.4, 0.5) is 0 Å². The topological polar surface area (TPSA) is 59.4 Å². The first-order chi connectivity index (χ1) is 8.19. The summed E-state index contributed by atoms with van der Waals surface area (Å²) in [6.07, 6.45) is 2.87. The third-order valence-corrected chi connectivity index (χ3v) is 3.08. The molecular formula is C13H17NO3. The van der Waals surface area contributed by atoms with Crippen molar-refractivity contribution < 1.29 is 14.6 Å². The molecule has 1 aliphatic carbocycles. The number of hydrogen-bond donors (Lipinski definition) is 1. The minimum atomic E-state index is -0.0112. The van der Waals surface area contributed by atoms with Crippen molar-refractivity contribution in [2.75, 3.05) is 6.61 Å². The molecule has 0 atom stereocenters. The van der Waals surface area contributed by atoms with Gasteiger partial charge in [-0.05, 0) is 19.8 Å². The van der Waals surface area contributed by atoms with Gasteiger partial charge in [-0.25, -0.2) is 4.98 Å². The van der Waals surface area contributed by atoms with E-state index in [-0.39, 0.29) is 11.8 Å². The van der Waals surface area contributed by atoms with E-state index >= 15 is 0 Å². The molecule has 17 heavy (non-hydrogen) atoms. The highest BCUT2D eigenvalue weighted by Crippen LogP contribution is 2.33. The van der Waals surface area contributed by atoms with Gasteiger partial charge >= 0.3 is 0 Å². The van der Waals surface area contributed by atoms with Gasteiger partial charge in [-0.2, -0.15) is 0 Å². The molecule has 0 spiro atoms. The van der Waals surface area contributed by atoms with Crippen LogP contribution >= 0.6 is 0 Å². The van der Waals surface area contributed by atoms with Crippen LogP contribution in [0.2, 0.25) is 0 Å². The standard InChI is InChI=1S/C13H17NO3/c1-2-17-11-7-12(14-13(16)8-11)9-3-5-10(15)6-4-9/h7-9H,2-6H2,1H3,(H,14,16). The van der Waals surface area contributed by atoms with Crippen LogP contribution in [0.1, 0.15) is 44.2 Å². The molecule has 92 valence electrons. The van der Waals surface area contributed by atoms with E-state index in [4.69, 9.17) is 4.74 Å². The fourth-order valence-electron chi connectivity index (χ4n) is 2.21. The average molecular weight is 235 g/mol. The number of ether oxygens (including phenoxy) is 1. The lowest BCUT2D eigenvalue weighted by molar-refractivity contribution is -0.120. The zero-order valence-electron chi connectivity index (χ0n) is 9.98. The zero-order valence-corrected chi connectivity index (χ0v) is 9.98. The molecule has 0 bridgehead atoms. The van der Waals surface area contributed by atoms with Crippen molar-refractivity contribution in [3.05, 3.63) is 17.8 Å². The number of Topliss-reactive ketones (excluding diaryl/α,β-unsaturated/α-hetero) is 1. The van der Waals surface area contributed by atoms with Crippen molar-refractivity contribution in [3.8, 4) is 11.6 Å². The fraction of sp³-hybridized carbons (Fsp3) is 0.538. The second-order valence-electron chi connectivity index (χ2n) is 4.33. The first-order valence-corrected chi connectivity index (χ1v) is 6.04. The van der Waals surface area contributed by atoms with Gasteiger partial charge < -0.3 is 9.84 Å². The van der Waals surface area contributed by atoms with Crippen LogP contribution in [0.15, 0.2) is 12.1 Å².